The van der Waals surface area contributed by atoms with Gasteiger partial charge in [0.15, 0.2) is 11.6 Å². The molecule has 178 valence electrons. The topological polar surface area (TPSA) is 9.23 Å². The number of rotatable bonds is 6. The summed E-state index contributed by atoms with van der Waals surface area (Å²) < 4.78 is 51.2. The van der Waals surface area contributed by atoms with Crippen LogP contribution < -0.4 is 4.74 Å². The summed E-state index contributed by atoms with van der Waals surface area (Å²) >= 11 is 0. The average Bonchev–Trinajstić information content (AvgIpc) is 2.81. The molecule has 3 aliphatic carbocycles. The lowest BCUT2D eigenvalue weighted by molar-refractivity contribution is 0.182. The van der Waals surface area contributed by atoms with Gasteiger partial charge in [0.1, 0.15) is 5.82 Å². The summed E-state index contributed by atoms with van der Waals surface area (Å²) in [7, 11) is 0. The smallest absolute Gasteiger partial charge is 0.201 e. The van der Waals surface area contributed by atoms with Crippen molar-refractivity contribution in [3.05, 3.63) is 41.2 Å². The first-order valence-electron chi connectivity index (χ1n) is 13.0. The molecule has 0 spiro atoms. The Kier molecular flexibility index (Phi) is 6.46. The lowest BCUT2D eigenvalue weighted by Crippen LogP contribution is -2.19. The van der Waals surface area contributed by atoms with Crippen LogP contribution in [0.4, 0.5) is 13.2 Å². The van der Waals surface area contributed by atoms with Crippen molar-refractivity contribution in [3.8, 4) is 28.0 Å². The molecule has 2 saturated carbocycles. The zero-order chi connectivity index (χ0) is 23.1. The molecule has 0 N–H and O–H groups in total. The van der Waals surface area contributed by atoms with Gasteiger partial charge >= 0.3 is 0 Å². The SMILES string of the molecule is CCCC1CCC(c2ccc3c(c2F)-c2c-3cc(OCC3CCC(C)CC3)c(F)c2F)CC1. The molecule has 0 unspecified atom stereocenters. The minimum absolute atomic E-state index is 0.0470. The largest absolute Gasteiger partial charge is 0.490 e. The minimum atomic E-state index is -0.992. The predicted octanol–water partition coefficient (Wildman–Crippen LogP) is 9.03. The van der Waals surface area contributed by atoms with Crippen molar-refractivity contribution in [3.63, 3.8) is 0 Å². The Balaban J connectivity index is 1.34. The van der Waals surface area contributed by atoms with Gasteiger partial charge in [0.25, 0.3) is 0 Å². The zero-order valence-electron chi connectivity index (χ0n) is 19.9. The second-order valence-corrected chi connectivity index (χ2v) is 10.8. The second-order valence-electron chi connectivity index (χ2n) is 10.8. The van der Waals surface area contributed by atoms with Crippen LogP contribution in [0.1, 0.15) is 89.5 Å². The van der Waals surface area contributed by atoms with Crippen molar-refractivity contribution in [2.45, 2.75) is 84.0 Å². The highest BCUT2D eigenvalue weighted by Gasteiger charge is 2.36. The Morgan fingerprint density at radius 2 is 1.45 bits per heavy atom. The van der Waals surface area contributed by atoms with E-state index in [-0.39, 0.29) is 28.6 Å². The van der Waals surface area contributed by atoms with Gasteiger partial charge in [0.2, 0.25) is 5.82 Å². The van der Waals surface area contributed by atoms with E-state index >= 15 is 8.78 Å². The summed E-state index contributed by atoms with van der Waals surface area (Å²) in [4.78, 5) is 0. The molecular formula is C29H35F3O. The van der Waals surface area contributed by atoms with E-state index in [9.17, 15) is 4.39 Å². The fourth-order valence-electron chi connectivity index (χ4n) is 6.35. The van der Waals surface area contributed by atoms with Gasteiger partial charge in [-0.25, -0.2) is 8.78 Å². The number of fused-ring (bicyclic) bond motifs is 4. The van der Waals surface area contributed by atoms with Crippen LogP contribution in [0.5, 0.6) is 5.75 Å². The Bertz CT molecular complexity index is 1010. The molecule has 0 heterocycles. The molecule has 0 radical (unpaired) electrons. The van der Waals surface area contributed by atoms with E-state index in [1.165, 1.54) is 12.8 Å². The van der Waals surface area contributed by atoms with Gasteiger partial charge < -0.3 is 4.74 Å². The van der Waals surface area contributed by atoms with Gasteiger partial charge in [0.05, 0.1) is 6.61 Å². The summed E-state index contributed by atoms with van der Waals surface area (Å²) in [6.45, 7) is 4.87. The fraction of sp³-hybridized carbons (Fsp3) is 0.586. The molecule has 5 rings (SSSR count). The van der Waals surface area contributed by atoms with Crippen molar-refractivity contribution in [1.82, 2.24) is 0 Å². The van der Waals surface area contributed by atoms with Gasteiger partial charge in [-0.05, 0) is 85.0 Å². The van der Waals surface area contributed by atoms with Crippen molar-refractivity contribution >= 4 is 0 Å². The fourth-order valence-corrected chi connectivity index (χ4v) is 6.35. The van der Waals surface area contributed by atoms with Crippen molar-refractivity contribution < 1.29 is 17.9 Å². The third-order valence-electron chi connectivity index (χ3n) is 8.48. The molecule has 0 atom stereocenters. The highest BCUT2D eigenvalue weighted by molar-refractivity contribution is 6.03. The zero-order valence-corrected chi connectivity index (χ0v) is 19.9. The summed E-state index contributed by atoms with van der Waals surface area (Å²) in [5.74, 6) is -0.353. The molecule has 0 bridgehead atoms. The number of hydrogen-bond donors (Lipinski definition) is 0. The molecular weight excluding hydrogens is 421 g/mol. The summed E-state index contributed by atoms with van der Waals surface area (Å²) in [6, 6.07) is 5.32. The van der Waals surface area contributed by atoms with Gasteiger partial charge in [-0.1, -0.05) is 51.7 Å². The summed E-state index contributed by atoms with van der Waals surface area (Å²) in [5, 5.41) is 0. The summed E-state index contributed by atoms with van der Waals surface area (Å²) in [5.41, 5.74) is 2.23. The molecule has 33 heavy (non-hydrogen) atoms. The lowest BCUT2D eigenvalue weighted by atomic mass is 9.73. The number of ether oxygens (including phenoxy) is 1. The van der Waals surface area contributed by atoms with Crippen molar-refractivity contribution in [2.75, 3.05) is 6.61 Å². The standard InChI is InChI=1S/C29H35F3O/c1-3-4-18-9-11-20(12-10-18)21-13-14-22-23-15-24(33-16-19-7-5-17(2)6-8-19)28(31)29(32)26(23)25(22)27(21)30/h13-15,17-20H,3-12,16H2,1-2H3. The first-order valence-corrected chi connectivity index (χ1v) is 13.0. The van der Waals surface area contributed by atoms with Crippen LogP contribution >= 0.6 is 0 Å². The van der Waals surface area contributed by atoms with E-state index in [4.69, 9.17) is 4.74 Å². The molecule has 4 heteroatoms. The minimum Gasteiger partial charge on any atom is -0.490 e. The maximum Gasteiger partial charge on any atom is 0.201 e. The number of hydrogen-bond acceptors (Lipinski definition) is 1. The van der Waals surface area contributed by atoms with Crippen LogP contribution in [0.25, 0.3) is 22.3 Å². The first-order chi connectivity index (χ1) is 16.0. The maximum absolute atomic E-state index is 15.5. The predicted molar refractivity (Wildman–Crippen MR) is 127 cm³/mol. The highest BCUT2D eigenvalue weighted by Crippen LogP contribution is 2.54. The Morgan fingerprint density at radius 1 is 0.788 bits per heavy atom. The lowest BCUT2D eigenvalue weighted by Gasteiger charge is -2.32. The van der Waals surface area contributed by atoms with Gasteiger partial charge in [-0.3, -0.25) is 0 Å². The Labute approximate surface area is 195 Å². The van der Waals surface area contributed by atoms with E-state index in [0.29, 0.717) is 29.2 Å². The van der Waals surface area contributed by atoms with Gasteiger partial charge in [-0.15, -0.1) is 0 Å². The highest BCUT2D eigenvalue weighted by atomic mass is 19.2. The maximum atomic E-state index is 15.5. The van der Waals surface area contributed by atoms with Crippen LogP contribution in [-0.4, -0.2) is 6.61 Å². The Hall–Kier alpha value is -1.97. The van der Waals surface area contributed by atoms with Gasteiger partial charge in [-0.2, -0.15) is 4.39 Å². The quantitative estimate of drug-likeness (QED) is 0.359. The van der Waals surface area contributed by atoms with E-state index in [1.807, 2.05) is 12.1 Å². The van der Waals surface area contributed by atoms with E-state index in [2.05, 4.69) is 13.8 Å². The third-order valence-corrected chi connectivity index (χ3v) is 8.48. The second kappa shape index (κ2) is 9.35. The first kappa shape index (κ1) is 22.8. The molecule has 2 fully saturated rings. The van der Waals surface area contributed by atoms with E-state index in [0.717, 1.165) is 63.2 Å². The van der Waals surface area contributed by atoms with Gasteiger partial charge in [0, 0.05) is 11.1 Å². The van der Waals surface area contributed by atoms with Crippen LogP contribution in [0.2, 0.25) is 0 Å². The molecule has 0 saturated heterocycles. The molecule has 1 nitrogen and oxygen atoms in total. The molecule has 2 aromatic rings. The molecule has 0 amide bonds. The molecule has 0 aromatic heterocycles. The monoisotopic (exact) mass is 456 g/mol. The molecule has 3 aliphatic rings. The van der Waals surface area contributed by atoms with Crippen LogP contribution in [0.15, 0.2) is 18.2 Å². The van der Waals surface area contributed by atoms with Crippen LogP contribution in [-0.2, 0) is 0 Å². The van der Waals surface area contributed by atoms with Crippen molar-refractivity contribution in [1.29, 1.82) is 0 Å². The summed E-state index contributed by atoms with van der Waals surface area (Å²) in [6.07, 6.45) is 11.0. The number of benzene rings is 2. The average molecular weight is 457 g/mol. The van der Waals surface area contributed by atoms with Crippen molar-refractivity contribution in [2.24, 2.45) is 17.8 Å². The van der Waals surface area contributed by atoms with Crippen LogP contribution in [0, 0.1) is 35.2 Å². The third kappa shape index (κ3) is 4.19. The van der Waals surface area contributed by atoms with Crippen LogP contribution in [0.3, 0.4) is 0 Å². The number of halogens is 3. The normalized spacial score (nSPS) is 26.3. The van der Waals surface area contributed by atoms with E-state index in [1.54, 1.807) is 6.07 Å². The molecule has 0 aliphatic heterocycles. The molecule has 2 aromatic carbocycles. The Morgan fingerprint density at radius 3 is 2.15 bits per heavy atom. The van der Waals surface area contributed by atoms with E-state index < -0.39 is 11.6 Å².